The molecule has 164 valence electrons. The lowest BCUT2D eigenvalue weighted by molar-refractivity contribution is -0.110. The first kappa shape index (κ1) is 20.3. The molecule has 4 heterocycles. The molecule has 8 heteroatoms. The van der Waals surface area contributed by atoms with Crippen LogP contribution in [0.4, 0.5) is 5.69 Å². The third-order valence-electron chi connectivity index (χ3n) is 6.28. The first-order valence-corrected chi connectivity index (χ1v) is 10.6. The van der Waals surface area contributed by atoms with Crippen LogP contribution in [-0.2, 0) is 9.53 Å². The second kappa shape index (κ2) is 7.80. The molecule has 1 saturated heterocycles. The highest BCUT2D eigenvalue weighted by atomic mass is 16.5. The monoisotopic (exact) mass is 432 g/mol. The van der Waals surface area contributed by atoms with Gasteiger partial charge < -0.3 is 20.1 Å². The molecule has 2 aromatic heterocycles. The van der Waals surface area contributed by atoms with E-state index in [0.29, 0.717) is 28.6 Å². The van der Waals surface area contributed by atoms with Gasteiger partial charge in [0.15, 0.2) is 0 Å². The molecule has 32 heavy (non-hydrogen) atoms. The summed E-state index contributed by atoms with van der Waals surface area (Å²) in [6, 6.07) is 6.19. The molecule has 0 saturated carbocycles. The van der Waals surface area contributed by atoms with E-state index in [1.165, 1.54) is 0 Å². The van der Waals surface area contributed by atoms with E-state index < -0.39 is 5.97 Å². The van der Waals surface area contributed by atoms with Crippen LogP contribution in [0.25, 0.3) is 22.8 Å². The van der Waals surface area contributed by atoms with Crippen LogP contribution in [0, 0.1) is 13.8 Å². The number of H-pyrrole nitrogens is 1. The number of ether oxygens (including phenoxy) is 1. The molecule has 2 aliphatic heterocycles. The summed E-state index contributed by atoms with van der Waals surface area (Å²) in [5.41, 5.74) is 6.01. The van der Waals surface area contributed by atoms with E-state index in [9.17, 15) is 14.7 Å². The number of hydrogen-bond donors (Lipinski definition) is 3. The quantitative estimate of drug-likeness (QED) is 0.539. The Morgan fingerprint density at radius 2 is 2.03 bits per heavy atom. The average molecular weight is 432 g/mol. The number of nitrogens with zero attached hydrogens (tertiary/aromatic N) is 2. The SMILES string of the molecule is Cc1[nH]c(/C=C2\C(=O)Nc3ccc(-c4cnn(C5CCOCC5)c4)cc32)c(C)c1C(=O)O. The van der Waals surface area contributed by atoms with E-state index >= 15 is 0 Å². The second-order valence-corrected chi connectivity index (χ2v) is 8.29. The molecule has 0 unspecified atom stereocenters. The maximum atomic E-state index is 12.7. The van der Waals surface area contributed by atoms with Gasteiger partial charge in [0.05, 0.1) is 23.4 Å². The number of carbonyl (C=O) groups is 2. The summed E-state index contributed by atoms with van der Waals surface area (Å²) in [7, 11) is 0. The molecule has 1 amide bonds. The van der Waals surface area contributed by atoms with Crippen LogP contribution in [0.15, 0.2) is 30.6 Å². The summed E-state index contributed by atoms with van der Waals surface area (Å²) >= 11 is 0. The van der Waals surface area contributed by atoms with E-state index in [4.69, 9.17) is 4.74 Å². The maximum Gasteiger partial charge on any atom is 0.337 e. The lowest BCUT2D eigenvalue weighted by atomic mass is 10.00. The van der Waals surface area contributed by atoms with Crippen molar-refractivity contribution in [3.05, 3.63) is 58.7 Å². The number of amides is 1. The minimum atomic E-state index is -0.985. The number of benzene rings is 1. The molecule has 1 fully saturated rings. The number of aromatic carboxylic acids is 1. The van der Waals surface area contributed by atoms with Crippen LogP contribution in [0.5, 0.6) is 0 Å². The topological polar surface area (TPSA) is 109 Å². The highest BCUT2D eigenvalue weighted by Gasteiger charge is 2.26. The Labute approximate surface area is 184 Å². The fourth-order valence-electron chi connectivity index (χ4n) is 4.53. The molecule has 8 nitrogen and oxygen atoms in total. The molecule has 0 spiro atoms. The van der Waals surface area contributed by atoms with E-state index in [0.717, 1.165) is 48.4 Å². The summed E-state index contributed by atoms with van der Waals surface area (Å²) in [5, 5.41) is 16.9. The summed E-state index contributed by atoms with van der Waals surface area (Å²) < 4.78 is 7.45. The van der Waals surface area contributed by atoms with Crippen LogP contribution in [0.1, 0.15) is 51.8 Å². The number of aryl methyl sites for hydroxylation is 1. The smallest absolute Gasteiger partial charge is 0.337 e. The summed E-state index contributed by atoms with van der Waals surface area (Å²) in [6.45, 7) is 4.97. The molecule has 5 rings (SSSR count). The fraction of sp³-hybridized carbons (Fsp3) is 0.292. The minimum Gasteiger partial charge on any atom is -0.478 e. The van der Waals surface area contributed by atoms with Crippen LogP contribution >= 0.6 is 0 Å². The van der Waals surface area contributed by atoms with Crippen molar-refractivity contribution >= 4 is 29.2 Å². The van der Waals surface area contributed by atoms with Crippen LogP contribution in [0.2, 0.25) is 0 Å². The summed E-state index contributed by atoms with van der Waals surface area (Å²) in [5.74, 6) is -1.19. The van der Waals surface area contributed by atoms with Crippen molar-refractivity contribution in [3.63, 3.8) is 0 Å². The van der Waals surface area contributed by atoms with Gasteiger partial charge in [-0.25, -0.2) is 4.79 Å². The molecule has 0 aliphatic carbocycles. The second-order valence-electron chi connectivity index (χ2n) is 8.29. The van der Waals surface area contributed by atoms with E-state index in [1.54, 1.807) is 19.9 Å². The average Bonchev–Trinajstić information content (AvgIpc) is 3.45. The van der Waals surface area contributed by atoms with Crippen molar-refractivity contribution in [1.29, 1.82) is 0 Å². The number of aromatic amines is 1. The van der Waals surface area contributed by atoms with Gasteiger partial charge in [0.1, 0.15) is 0 Å². The van der Waals surface area contributed by atoms with Crippen molar-refractivity contribution in [2.24, 2.45) is 0 Å². The summed E-state index contributed by atoms with van der Waals surface area (Å²) in [6.07, 6.45) is 7.52. The van der Waals surface area contributed by atoms with Gasteiger partial charge >= 0.3 is 5.97 Å². The van der Waals surface area contributed by atoms with Gasteiger partial charge in [-0.3, -0.25) is 9.48 Å². The molecular formula is C24H24N4O4. The number of aromatic nitrogens is 3. The highest BCUT2D eigenvalue weighted by molar-refractivity contribution is 6.35. The van der Waals surface area contributed by atoms with Crippen molar-refractivity contribution in [2.45, 2.75) is 32.7 Å². The summed E-state index contributed by atoms with van der Waals surface area (Å²) in [4.78, 5) is 27.3. The standard InChI is InChI=1S/C24H24N4O4/c1-13-21(26-14(2)22(13)24(30)31)10-19-18-9-15(3-4-20(18)27-23(19)29)16-11-25-28(12-16)17-5-7-32-8-6-17/h3-4,9-12,17,26H,5-8H2,1-2H3,(H,27,29)(H,30,31)/b19-10-. The molecular weight excluding hydrogens is 408 g/mol. The zero-order valence-electron chi connectivity index (χ0n) is 17.9. The van der Waals surface area contributed by atoms with Gasteiger partial charge in [0.25, 0.3) is 5.91 Å². The van der Waals surface area contributed by atoms with Crippen LogP contribution in [0.3, 0.4) is 0 Å². The fourth-order valence-corrected chi connectivity index (χ4v) is 4.53. The molecule has 0 bridgehead atoms. The van der Waals surface area contributed by atoms with Crippen molar-refractivity contribution in [3.8, 4) is 11.1 Å². The molecule has 2 aliphatic rings. The largest absolute Gasteiger partial charge is 0.478 e. The third-order valence-corrected chi connectivity index (χ3v) is 6.28. The van der Waals surface area contributed by atoms with Crippen LogP contribution in [-0.4, -0.2) is 45.0 Å². The Kier molecular flexibility index (Phi) is 4.94. The predicted molar refractivity (Wildman–Crippen MR) is 120 cm³/mol. The zero-order chi connectivity index (χ0) is 22.4. The number of rotatable bonds is 4. The van der Waals surface area contributed by atoms with Crippen LogP contribution < -0.4 is 5.32 Å². The number of fused-ring (bicyclic) bond motifs is 1. The Morgan fingerprint density at radius 3 is 2.75 bits per heavy atom. The predicted octanol–water partition coefficient (Wildman–Crippen LogP) is 4.04. The maximum absolute atomic E-state index is 12.7. The van der Waals surface area contributed by atoms with E-state index in [-0.39, 0.29) is 11.5 Å². The lowest BCUT2D eigenvalue weighted by Crippen LogP contribution is -2.19. The Bertz CT molecular complexity index is 1260. The van der Waals surface area contributed by atoms with Gasteiger partial charge in [-0.2, -0.15) is 5.10 Å². The van der Waals surface area contributed by atoms with Crippen molar-refractivity contribution < 1.29 is 19.4 Å². The van der Waals surface area contributed by atoms with E-state index in [1.807, 2.05) is 35.3 Å². The normalized spacial score (nSPS) is 17.6. The third kappa shape index (κ3) is 3.42. The highest BCUT2D eigenvalue weighted by Crippen LogP contribution is 2.37. The Balaban J connectivity index is 1.51. The lowest BCUT2D eigenvalue weighted by Gasteiger charge is -2.22. The van der Waals surface area contributed by atoms with Gasteiger partial charge in [0.2, 0.25) is 0 Å². The minimum absolute atomic E-state index is 0.210. The number of carbonyl (C=O) groups excluding carboxylic acids is 1. The zero-order valence-corrected chi connectivity index (χ0v) is 17.9. The Morgan fingerprint density at radius 1 is 1.25 bits per heavy atom. The molecule has 1 aromatic carbocycles. The Hall–Kier alpha value is -3.65. The molecule has 0 atom stereocenters. The number of carboxylic acids is 1. The van der Waals surface area contributed by atoms with E-state index in [2.05, 4.69) is 15.4 Å². The number of nitrogens with one attached hydrogen (secondary N) is 2. The first-order chi connectivity index (χ1) is 15.4. The van der Waals surface area contributed by atoms with Crippen molar-refractivity contribution in [1.82, 2.24) is 14.8 Å². The van der Waals surface area contributed by atoms with Gasteiger partial charge in [-0.15, -0.1) is 0 Å². The first-order valence-electron chi connectivity index (χ1n) is 10.6. The molecule has 3 N–H and O–H groups in total. The van der Waals surface area contributed by atoms with Gasteiger partial charge in [-0.1, -0.05) is 6.07 Å². The number of hydrogen-bond acceptors (Lipinski definition) is 4. The number of carboxylic acid groups (broad SMARTS) is 1. The molecule has 3 aromatic rings. The van der Waals surface area contributed by atoms with Gasteiger partial charge in [0, 0.05) is 47.6 Å². The van der Waals surface area contributed by atoms with Gasteiger partial charge in [-0.05, 0) is 56.0 Å². The molecule has 0 radical (unpaired) electrons. The number of anilines is 1. The van der Waals surface area contributed by atoms with Crippen molar-refractivity contribution in [2.75, 3.05) is 18.5 Å².